The summed E-state index contributed by atoms with van der Waals surface area (Å²) < 4.78 is 22.5. The summed E-state index contributed by atoms with van der Waals surface area (Å²) in [5, 5.41) is 86.1. The van der Waals surface area contributed by atoms with E-state index < -0.39 is 86.8 Å². The molecule has 350 valence electrons. The van der Waals surface area contributed by atoms with Crippen LogP contribution in [0.4, 0.5) is 0 Å². The van der Waals surface area contributed by atoms with Crippen LogP contribution < -0.4 is 5.32 Å². The molecule has 2 fully saturated rings. The van der Waals surface area contributed by atoms with Gasteiger partial charge in [0.25, 0.3) is 0 Å². The predicted octanol–water partition coefficient (Wildman–Crippen LogP) is 4.48. The molecule has 1 amide bonds. The first kappa shape index (κ1) is 54.6. The van der Waals surface area contributed by atoms with Crippen molar-refractivity contribution in [2.24, 2.45) is 0 Å². The zero-order valence-electron chi connectivity index (χ0n) is 36.6. The molecule has 0 saturated carbocycles. The minimum absolute atomic E-state index is 0.254. The molecule has 2 aliphatic rings. The molecule has 12 atom stereocenters. The number of amides is 1. The van der Waals surface area contributed by atoms with E-state index in [1.54, 1.807) is 6.08 Å². The van der Waals surface area contributed by atoms with Crippen LogP contribution in [0.5, 0.6) is 0 Å². The molecular weight excluding hydrogens is 787 g/mol. The van der Waals surface area contributed by atoms with E-state index in [2.05, 4.69) is 79.9 Å². The quantitative estimate of drug-likeness (QED) is 0.0336. The summed E-state index contributed by atoms with van der Waals surface area (Å²) in [5.74, 6) is -0.269. The van der Waals surface area contributed by atoms with Crippen LogP contribution in [0.15, 0.2) is 72.9 Å². The summed E-state index contributed by atoms with van der Waals surface area (Å²) in [5.41, 5.74) is 0. The van der Waals surface area contributed by atoms with Crippen molar-refractivity contribution < 1.29 is 64.6 Å². The minimum atomic E-state index is -1.79. The van der Waals surface area contributed by atoms with Crippen molar-refractivity contribution in [1.82, 2.24) is 5.32 Å². The van der Waals surface area contributed by atoms with E-state index in [0.717, 1.165) is 96.3 Å². The summed E-state index contributed by atoms with van der Waals surface area (Å²) in [6.07, 6.45) is 24.2. The number of carbonyl (C=O) groups is 1. The third-order valence-corrected chi connectivity index (χ3v) is 10.6. The van der Waals surface area contributed by atoms with E-state index in [0.29, 0.717) is 6.42 Å². The first-order valence-corrected chi connectivity index (χ1v) is 22.7. The van der Waals surface area contributed by atoms with Crippen molar-refractivity contribution in [1.29, 1.82) is 0 Å². The first-order valence-electron chi connectivity index (χ1n) is 22.7. The molecule has 2 saturated heterocycles. The van der Waals surface area contributed by atoms with Crippen LogP contribution in [0, 0.1) is 0 Å². The first-order chi connectivity index (χ1) is 29.6. The van der Waals surface area contributed by atoms with Crippen molar-refractivity contribution in [2.75, 3.05) is 19.8 Å². The molecule has 2 heterocycles. The number of hydrogen-bond acceptors (Lipinski definition) is 13. The van der Waals surface area contributed by atoms with Gasteiger partial charge in [-0.3, -0.25) is 4.79 Å². The van der Waals surface area contributed by atoms with Gasteiger partial charge in [0.2, 0.25) is 5.91 Å². The topological polar surface area (TPSA) is 228 Å². The van der Waals surface area contributed by atoms with Crippen molar-refractivity contribution >= 4 is 5.91 Å². The molecule has 0 spiro atoms. The van der Waals surface area contributed by atoms with E-state index in [1.165, 1.54) is 0 Å². The minimum Gasteiger partial charge on any atom is -0.394 e. The van der Waals surface area contributed by atoms with Crippen LogP contribution in [0.2, 0.25) is 0 Å². The highest BCUT2D eigenvalue weighted by Crippen LogP contribution is 2.30. The standard InChI is InChI=1S/C47H79NO13/c1-3-5-7-9-11-12-13-14-15-16-17-18-19-20-21-22-23-24-25-27-29-31-39(52)48-35(36(51)30-28-26-10-8-6-4-2)34-58-46-44(57)42(55)45(38(33-50)60-46)61-47-43(56)41(54)40(53)37(32-49)59-47/h5,7,11-12,14-15,17-18,20-21,28,30,35-38,40-47,49-51,53-57H,3-4,6,8-10,13,16,19,22-27,29,31-34H2,1-2H3,(H,48,52)/b7-5-,12-11-,15-14-,18-17-,21-20-,30-28+. The van der Waals surface area contributed by atoms with Gasteiger partial charge in [-0.2, -0.15) is 0 Å². The Morgan fingerprint density at radius 1 is 0.607 bits per heavy atom. The number of allylic oxidation sites excluding steroid dienone is 11. The Balaban J connectivity index is 1.80. The van der Waals surface area contributed by atoms with Gasteiger partial charge in [-0.15, -0.1) is 0 Å². The van der Waals surface area contributed by atoms with Crippen LogP contribution >= 0.6 is 0 Å². The zero-order chi connectivity index (χ0) is 44.7. The number of aliphatic hydroxyl groups excluding tert-OH is 8. The molecule has 61 heavy (non-hydrogen) atoms. The fourth-order valence-electron chi connectivity index (χ4n) is 6.90. The number of ether oxygens (including phenoxy) is 4. The molecule has 0 bridgehead atoms. The molecule has 2 rings (SSSR count). The normalized spacial score (nSPS) is 28.7. The Labute approximate surface area is 364 Å². The SMILES string of the molecule is CC/C=C\C/C=C\C/C=C\C/C=C\C/C=C\CCCCCCCC(=O)NC(COC1OC(CO)C(OC2OC(CO)C(O)C(O)C2O)C(O)C1O)C(O)/C=C/CCCCCC. The maximum atomic E-state index is 13.0. The third kappa shape index (κ3) is 22.1. The second-order valence-electron chi connectivity index (χ2n) is 15.8. The molecule has 0 radical (unpaired) electrons. The summed E-state index contributed by atoms with van der Waals surface area (Å²) in [6.45, 7) is 2.52. The Morgan fingerprint density at radius 2 is 1.13 bits per heavy atom. The van der Waals surface area contributed by atoms with Crippen LogP contribution in [-0.4, -0.2) is 140 Å². The van der Waals surface area contributed by atoms with Crippen molar-refractivity contribution in [3.63, 3.8) is 0 Å². The van der Waals surface area contributed by atoms with E-state index >= 15 is 0 Å². The lowest BCUT2D eigenvalue weighted by Gasteiger charge is -2.46. The Morgan fingerprint density at radius 3 is 1.74 bits per heavy atom. The van der Waals surface area contributed by atoms with Crippen LogP contribution in [0.3, 0.4) is 0 Å². The van der Waals surface area contributed by atoms with Gasteiger partial charge in [0.15, 0.2) is 12.6 Å². The summed E-state index contributed by atoms with van der Waals surface area (Å²) in [4.78, 5) is 13.0. The second-order valence-corrected chi connectivity index (χ2v) is 15.8. The Kier molecular flexibility index (Phi) is 30.3. The van der Waals surface area contributed by atoms with Crippen LogP contribution in [0.1, 0.15) is 123 Å². The molecule has 2 aliphatic heterocycles. The van der Waals surface area contributed by atoms with Gasteiger partial charge in [0, 0.05) is 6.42 Å². The number of aliphatic hydroxyl groups is 8. The molecule has 0 aromatic heterocycles. The van der Waals surface area contributed by atoms with E-state index in [-0.39, 0.29) is 18.9 Å². The highest BCUT2D eigenvalue weighted by molar-refractivity contribution is 5.76. The Hall–Kier alpha value is -2.57. The zero-order valence-corrected chi connectivity index (χ0v) is 36.6. The lowest BCUT2D eigenvalue weighted by atomic mass is 9.97. The lowest BCUT2D eigenvalue weighted by molar-refractivity contribution is -0.359. The number of nitrogens with one attached hydrogen (secondary N) is 1. The second kappa shape index (κ2) is 33.9. The van der Waals surface area contributed by atoms with Gasteiger partial charge in [-0.25, -0.2) is 0 Å². The smallest absolute Gasteiger partial charge is 0.220 e. The number of hydrogen-bond donors (Lipinski definition) is 9. The lowest BCUT2D eigenvalue weighted by Crippen LogP contribution is -2.65. The average Bonchev–Trinajstić information content (AvgIpc) is 3.26. The number of rotatable bonds is 32. The largest absolute Gasteiger partial charge is 0.394 e. The van der Waals surface area contributed by atoms with Gasteiger partial charge >= 0.3 is 0 Å². The van der Waals surface area contributed by atoms with Crippen LogP contribution in [0.25, 0.3) is 0 Å². The van der Waals surface area contributed by atoms with Gasteiger partial charge < -0.3 is 65.1 Å². The molecule has 14 heteroatoms. The summed E-state index contributed by atoms with van der Waals surface area (Å²) in [7, 11) is 0. The molecule has 14 nitrogen and oxygen atoms in total. The predicted molar refractivity (Wildman–Crippen MR) is 235 cm³/mol. The van der Waals surface area contributed by atoms with Gasteiger partial charge in [0.05, 0.1) is 32.0 Å². The summed E-state index contributed by atoms with van der Waals surface area (Å²) in [6, 6.07) is -0.925. The fourth-order valence-corrected chi connectivity index (χ4v) is 6.90. The van der Waals surface area contributed by atoms with Gasteiger partial charge in [-0.1, -0.05) is 125 Å². The monoisotopic (exact) mass is 866 g/mol. The van der Waals surface area contributed by atoms with Crippen molar-refractivity contribution in [2.45, 2.75) is 197 Å². The maximum absolute atomic E-state index is 13.0. The summed E-state index contributed by atoms with van der Waals surface area (Å²) >= 11 is 0. The average molecular weight is 866 g/mol. The molecule has 0 aromatic carbocycles. The van der Waals surface area contributed by atoms with Gasteiger partial charge in [-0.05, 0) is 64.2 Å². The molecule has 0 aromatic rings. The van der Waals surface area contributed by atoms with E-state index in [1.807, 2.05) is 6.08 Å². The molecule has 0 aliphatic carbocycles. The number of carbonyl (C=O) groups excluding carboxylic acids is 1. The van der Waals surface area contributed by atoms with E-state index in [9.17, 15) is 45.6 Å². The molecular formula is C47H79NO13. The van der Waals surface area contributed by atoms with Crippen LogP contribution in [-0.2, 0) is 23.7 Å². The van der Waals surface area contributed by atoms with Gasteiger partial charge in [0.1, 0.15) is 48.8 Å². The van der Waals surface area contributed by atoms with Crippen molar-refractivity contribution in [3.05, 3.63) is 72.9 Å². The van der Waals surface area contributed by atoms with Crippen molar-refractivity contribution in [3.8, 4) is 0 Å². The fraction of sp³-hybridized carbons (Fsp3) is 0.723. The molecule has 12 unspecified atom stereocenters. The maximum Gasteiger partial charge on any atom is 0.220 e. The highest BCUT2D eigenvalue weighted by atomic mass is 16.7. The Bertz CT molecular complexity index is 1300. The van der Waals surface area contributed by atoms with E-state index in [4.69, 9.17) is 18.9 Å². The highest BCUT2D eigenvalue weighted by Gasteiger charge is 2.50. The molecule has 9 N–H and O–H groups in total. The number of unbranched alkanes of at least 4 members (excludes halogenated alkanes) is 9. The third-order valence-electron chi connectivity index (χ3n) is 10.6.